The van der Waals surface area contributed by atoms with Gasteiger partial charge in [0.25, 0.3) is 0 Å². The van der Waals surface area contributed by atoms with Gasteiger partial charge in [0.05, 0.1) is 6.26 Å². The van der Waals surface area contributed by atoms with Crippen LogP contribution in [0.15, 0.2) is 42.9 Å². The maximum Gasteiger partial charge on any atom is 0.245 e. The van der Waals surface area contributed by atoms with Crippen LogP contribution in [0, 0.1) is 0 Å². The van der Waals surface area contributed by atoms with Crippen molar-refractivity contribution in [1.29, 1.82) is 0 Å². The molecule has 2 aromatic rings. The number of hydrogen-bond acceptors (Lipinski definition) is 5. The molecule has 2 N–H and O–H groups in total. The molecule has 2 rings (SSSR count). The van der Waals surface area contributed by atoms with Crippen LogP contribution in [0.2, 0.25) is 0 Å². The van der Waals surface area contributed by atoms with Crippen molar-refractivity contribution in [2.24, 2.45) is 0 Å². The van der Waals surface area contributed by atoms with Crippen LogP contribution in [-0.2, 0) is 23.1 Å². The van der Waals surface area contributed by atoms with Gasteiger partial charge in [-0.2, -0.15) is 0 Å². The molecule has 0 fully saturated rings. The second-order valence-electron chi connectivity index (χ2n) is 4.31. The standard InChI is InChI=1S/C12H14BrNO5S/c1-8(5-9-3-2-4-18-9)14-20(16,17)11-6-10(7-15)19-12(11)13/h2-4,6,8,14-15H,5,7H2,1H3. The van der Waals surface area contributed by atoms with E-state index < -0.39 is 10.0 Å². The predicted octanol–water partition coefficient (Wildman–Crippen LogP) is 2.04. The minimum Gasteiger partial charge on any atom is -0.469 e. The highest BCUT2D eigenvalue weighted by Crippen LogP contribution is 2.26. The van der Waals surface area contributed by atoms with Gasteiger partial charge in [0.15, 0.2) is 4.67 Å². The van der Waals surface area contributed by atoms with E-state index in [4.69, 9.17) is 13.9 Å². The lowest BCUT2D eigenvalue weighted by molar-refractivity contribution is 0.245. The Kier molecular flexibility index (Phi) is 4.69. The summed E-state index contributed by atoms with van der Waals surface area (Å²) in [5, 5.41) is 8.95. The van der Waals surface area contributed by atoms with Crippen molar-refractivity contribution < 1.29 is 22.4 Å². The summed E-state index contributed by atoms with van der Waals surface area (Å²) in [6.45, 7) is 1.37. The van der Waals surface area contributed by atoms with Crippen LogP contribution < -0.4 is 4.72 Å². The molecule has 0 aliphatic carbocycles. The number of rotatable bonds is 6. The molecule has 1 unspecified atom stereocenters. The first-order valence-electron chi connectivity index (χ1n) is 5.86. The Bertz CT molecular complexity index is 662. The van der Waals surface area contributed by atoms with Crippen molar-refractivity contribution >= 4 is 26.0 Å². The van der Waals surface area contributed by atoms with Crippen molar-refractivity contribution in [3.8, 4) is 0 Å². The van der Waals surface area contributed by atoms with Gasteiger partial charge in [-0.15, -0.1) is 0 Å². The Hall–Kier alpha value is -1.09. The Morgan fingerprint density at radius 2 is 2.20 bits per heavy atom. The molecule has 0 radical (unpaired) electrons. The summed E-state index contributed by atoms with van der Waals surface area (Å²) < 4.78 is 37.3. The molecule has 6 nitrogen and oxygen atoms in total. The normalized spacial score (nSPS) is 13.6. The molecule has 20 heavy (non-hydrogen) atoms. The van der Waals surface area contributed by atoms with Crippen LogP contribution in [0.5, 0.6) is 0 Å². The Morgan fingerprint density at radius 3 is 2.75 bits per heavy atom. The summed E-state index contributed by atoms with van der Waals surface area (Å²) in [6.07, 6.45) is 1.98. The van der Waals surface area contributed by atoms with Gasteiger partial charge in [0.2, 0.25) is 10.0 Å². The zero-order valence-corrected chi connectivity index (χ0v) is 13.1. The predicted molar refractivity (Wildman–Crippen MR) is 74.5 cm³/mol. The van der Waals surface area contributed by atoms with Gasteiger partial charge >= 0.3 is 0 Å². The molecule has 2 aromatic heterocycles. The molecule has 8 heteroatoms. The van der Waals surface area contributed by atoms with Gasteiger partial charge in [-0.1, -0.05) is 0 Å². The van der Waals surface area contributed by atoms with Crippen molar-refractivity contribution in [3.05, 3.63) is 40.7 Å². The quantitative estimate of drug-likeness (QED) is 0.818. The number of nitrogens with one attached hydrogen (secondary N) is 1. The van der Waals surface area contributed by atoms with E-state index in [0.717, 1.165) is 0 Å². The van der Waals surface area contributed by atoms with Gasteiger partial charge in [0.1, 0.15) is 23.0 Å². The Morgan fingerprint density at radius 1 is 1.45 bits per heavy atom. The molecular formula is C12H14BrNO5S. The first kappa shape index (κ1) is 15.3. The molecule has 0 amide bonds. The molecule has 110 valence electrons. The maximum absolute atomic E-state index is 12.2. The number of halogens is 1. The highest BCUT2D eigenvalue weighted by Gasteiger charge is 2.24. The summed E-state index contributed by atoms with van der Waals surface area (Å²) in [4.78, 5) is -0.0344. The van der Waals surface area contributed by atoms with Gasteiger partial charge in [-0.3, -0.25) is 0 Å². The van der Waals surface area contributed by atoms with E-state index in [1.165, 1.54) is 12.3 Å². The molecule has 0 aromatic carbocycles. The molecule has 0 aliphatic rings. The zero-order valence-electron chi connectivity index (χ0n) is 10.7. The van der Waals surface area contributed by atoms with E-state index in [0.29, 0.717) is 12.2 Å². The monoisotopic (exact) mass is 363 g/mol. The lowest BCUT2D eigenvalue weighted by Gasteiger charge is -2.12. The minimum absolute atomic E-state index is 0.0344. The van der Waals surface area contributed by atoms with Crippen LogP contribution in [0.3, 0.4) is 0 Å². The fourth-order valence-electron chi connectivity index (χ4n) is 1.76. The van der Waals surface area contributed by atoms with Crippen LogP contribution in [0.4, 0.5) is 0 Å². The first-order chi connectivity index (χ1) is 9.42. The van der Waals surface area contributed by atoms with Gasteiger partial charge in [-0.05, 0) is 35.0 Å². The number of furan rings is 2. The summed E-state index contributed by atoms with van der Waals surface area (Å²) in [7, 11) is -3.73. The van der Waals surface area contributed by atoms with E-state index in [2.05, 4.69) is 20.7 Å². The third-order valence-electron chi connectivity index (χ3n) is 2.60. The van der Waals surface area contributed by atoms with Crippen molar-refractivity contribution in [1.82, 2.24) is 4.72 Å². The Labute approximate surface area is 125 Å². The van der Waals surface area contributed by atoms with Gasteiger partial charge < -0.3 is 13.9 Å². The first-order valence-corrected chi connectivity index (χ1v) is 8.14. The SMILES string of the molecule is CC(Cc1ccco1)NS(=O)(=O)c1cc(CO)oc1Br. The van der Waals surface area contributed by atoms with E-state index in [9.17, 15) is 8.42 Å². The van der Waals surface area contributed by atoms with E-state index >= 15 is 0 Å². The van der Waals surface area contributed by atoms with E-state index in [1.54, 1.807) is 19.1 Å². The molecule has 0 spiro atoms. The molecular weight excluding hydrogens is 350 g/mol. The van der Waals surface area contributed by atoms with Crippen molar-refractivity contribution in [2.75, 3.05) is 0 Å². The number of hydrogen-bond donors (Lipinski definition) is 2. The van der Waals surface area contributed by atoms with Crippen LogP contribution in [-0.4, -0.2) is 19.6 Å². The van der Waals surface area contributed by atoms with Gasteiger partial charge in [0, 0.05) is 18.5 Å². The topological polar surface area (TPSA) is 92.7 Å². The number of sulfonamides is 1. The summed E-state index contributed by atoms with van der Waals surface area (Å²) in [6, 6.07) is 4.47. The smallest absolute Gasteiger partial charge is 0.245 e. The highest BCUT2D eigenvalue weighted by atomic mass is 79.9. The second-order valence-corrected chi connectivity index (χ2v) is 6.72. The number of aliphatic hydroxyl groups is 1. The third-order valence-corrected chi connectivity index (χ3v) is 5.04. The summed E-state index contributed by atoms with van der Waals surface area (Å²) in [5.41, 5.74) is 0. The van der Waals surface area contributed by atoms with Crippen molar-refractivity contribution in [3.63, 3.8) is 0 Å². The fourth-order valence-corrected chi connectivity index (χ4v) is 4.00. The van der Waals surface area contributed by atoms with Crippen LogP contribution >= 0.6 is 15.9 Å². The van der Waals surface area contributed by atoms with Crippen LogP contribution in [0.25, 0.3) is 0 Å². The maximum atomic E-state index is 12.2. The summed E-state index contributed by atoms with van der Waals surface area (Å²) in [5.74, 6) is 0.874. The van der Waals surface area contributed by atoms with Crippen molar-refractivity contribution in [2.45, 2.75) is 30.9 Å². The average Bonchev–Trinajstić information content (AvgIpc) is 2.97. The third kappa shape index (κ3) is 3.51. The largest absolute Gasteiger partial charge is 0.469 e. The fraction of sp³-hybridized carbons (Fsp3) is 0.333. The van der Waals surface area contributed by atoms with E-state index in [-0.39, 0.29) is 28.0 Å². The highest BCUT2D eigenvalue weighted by molar-refractivity contribution is 9.10. The second kappa shape index (κ2) is 6.13. The van der Waals surface area contributed by atoms with Gasteiger partial charge in [-0.25, -0.2) is 13.1 Å². The molecule has 0 saturated heterocycles. The van der Waals surface area contributed by atoms with E-state index in [1.807, 2.05) is 0 Å². The molecule has 2 heterocycles. The summed E-state index contributed by atoms with van der Waals surface area (Å²) >= 11 is 3.03. The lowest BCUT2D eigenvalue weighted by Crippen LogP contribution is -2.34. The molecule has 0 saturated carbocycles. The average molecular weight is 364 g/mol. The molecule has 0 aliphatic heterocycles. The molecule has 0 bridgehead atoms. The zero-order chi connectivity index (χ0) is 14.8. The molecule has 1 atom stereocenters. The van der Waals surface area contributed by atoms with Crippen LogP contribution in [0.1, 0.15) is 18.4 Å². The number of aliphatic hydroxyl groups excluding tert-OH is 1. The lowest BCUT2D eigenvalue weighted by atomic mass is 10.2. The minimum atomic E-state index is -3.73. The Balaban J connectivity index is 2.12.